The highest BCUT2D eigenvalue weighted by Crippen LogP contribution is 2.05. The Kier molecular flexibility index (Phi) is 7.70. The summed E-state index contributed by atoms with van der Waals surface area (Å²) in [5, 5.41) is 5.95. The van der Waals surface area contributed by atoms with E-state index >= 15 is 0 Å². The molecule has 18 heavy (non-hydrogen) atoms. The number of alkyl carbamates (subject to hydrolysis) is 1. The van der Waals surface area contributed by atoms with Crippen molar-refractivity contribution in [1.29, 1.82) is 0 Å². The highest BCUT2D eigenvalue weighted by molar-refractivity contribution is 6.64. The lowest BCUT2D eigenvalue weighted by Crippen LogP contribution is -2.40. The summed E-state index contributed by atoms with van der Waals surface area (Å²) in [7, 11) is 3.52. The highest BCUT2D eigenvalue weighted by atomic mass is 35.5. The number of ether oxygens (including phenoxy) is 1. The Bertz CT molecular complexity index is 289. The lowest BCUT2D eigenvalue weighted by molar-refractivity contribution is 0.0523. The van der Waals surface area contributed by atoms with Crippen molar-refractivity contribution in [3.63, 3.8) is 0 Å². The Morgan fingerprint density at radius 1 is 1.39 bits per heavy atom. The molecular weight excluding hydrogens is 256 g/mol. The summed E-state index contributed by atoms with van der Waals surface area (Å²) >= 11 is 5.69. The Balaban J connectivity index is 3.68. The number of carbonyl (C=O) groups excluding carboxylic acids is 1. The molecule has 0 rings (SSSR count). The standard InChI is InChI=1S/C11H23ClN4O2/c1-11(2,3)18-10(17)14-6-7-16(5)8-15-9(12)13-4/h6-8H2,1-5H3,(H,13,15)(H,14,17). The molecule has 7 heteroatoms. The second-order valence-electron chi connectivity index (χ2n) is 4.86. The van der Waals surface area contributed by atoms with Gasteiger partial charge in [0.25, 0.3) is 0 Å². The molecule has 0 saturated carbocycles. The molecule has 6 nitrogen and oxygen atoms in total. The Hall–Kier alpha value is -1.01. The minimum Gasteiger partial charge on any atom is -0.444 e. The number of hydrogen-bond donors (Lipinski definition) is 2. The summed E-state index contributed by atoms with van der Waals surface area (Å²) in [6.45, 7) is 7.23. The van der Waals surface area contributed by atoms with E-state index < -0.39 is 11.7 Å². The van der Waals surface area contributed by atoms with Gasteiger partial charge in [-0.25, -0.2) is 4.79 Å². The van der Waals surface area contributed by atoms with Crippen LogP contribution >= 0.6 is 11.6 Å². The first-order valence-electron chi connectivity index (χ1n) is 5.76. The van der Waals surface area contributed by atoms with Crippen molar-refractivity contribution in [2.75, 3.05) is 33.9 Å². The number of halogens is 1. The molecule has 0 saturated heterocycles. The first-order chi connectivity index (χ1) is 8.24. The molecule has 0 radical (unpaired) electrons. The van der Waals surface area contributed by atoms with Gasteiger partial charge in [-0.3, -0.25) is 9.89 Å². The number of likely N-dealkylation sites (N-methyl/N-ethyl adjacent to an activating group) is 1. The molecule has 0 atom stereocenters. The molecule has 0 fully saturated rings. The molecule has 0 unspecified atom stereocenters. The lowest BCUT2D eigenvalue weighted by Gasteiger charge is -2.21. The molecule has 0 bridgehead atoms. The average molecular weight is 279 g/mol. The van der Waals surface area contributed by atoms with Crippen LogP contribution in [0.2, 0.25) is 0 Å². The van der Waals surface area contributed by atoms with Gasteiger partial charge in [0, 0.05) is 20.1 Å². The van der Waals surface area contributed by atoms with E-state index in [9.17, 15) is 4.79 Å². The van der Waals surface area contributed by atoms with Crippen molar-refractivity contribution in [1.82, 2.24) is 15.5 Å². The molecular formula is C11H23ClN4O2. The van der Waals surface area contributed by atoms with Gasteiger partial charge in [0.15, 0.2) is 5.29 Å². The SMILES string of the molecule is CN=C(Cl)NCN(C)CCNC(=O)OC(C)(C)C. The number of rotatable bonds is 5. The minimum atomic E-state index is -0.470. The molecule has 0 heterocycles. The van der Waals surface area contributed by atoms with Crippen LogP contribution in [0.1, 0.15) is 20.8 Å². The van der Waals surface area contributed by atoms with Gasteiger partial charge in [0.1, 0.15) is 5.60 Å². The molecule has 0 spiro atoms. The molecule has 2 N–H and O–H groups in total. The summed E-state index contributed by atoms with van der Waals surface area (Å²) < 4.78 is 5.11. The number of aliphatic imine (C=N–C) groups is 1. The maximum absolute atomic E-state index is 11.3. The Morgan fingerprint density at radius 3 is 2.50 bits per heavy atom. The van der Waals surface area contributed by atoms with Crippen LogP contribution < -0.4 is 10.6 Å². The van der Waals surface area contributed by atoms with Crippen LogP contribution in [0, 0.1) is 0 Å². The second-order valence-corrected chi connectivity index (χ2v) is 5.22. The molecule has 0 aromatic rings. The zero-order chi connectivity index (χ0) is 14.2. The Labute approximate surface area is 114 Å². The average Bonchev–Trinajstić information content (AvgIpc) is 2.23. The van der Waals surface area contributed by atoms with Crippen LogP contribution in [-0.4, -0.2) is 55.7 Å². The molecule has 0 aromatic heterocycles. The number of carbonyl (C=O) groups is 1. The number of hydrogen-bond acceptors (Lipinski definition) is 4. The van der Waals surface area contributed by atoms with E-state index in [1.54, 1.807) is 7.05 Å². The van der Waals surface area contributed by atoms with Gasteiger partial charge in [0.05, 0.1) is 6.67 Å². The smallest absolute Gasteiger partial charge is 0.407 e. The van der Waals surface area contributed by atoms with Gasteiger partial charge < -0.3 is 15.4 Å². The van der Waals surface area contributed by atoms with Gasteiger partial charge in [-0.15, -0.1) is 0 Å². The van der Waals surface area contributed by atoms with Crippen molar-refractivity contribution in [2.45, 2.75) is 26.4 Å². The third-order valence-corrected chi connectivity index (χ3v) is 2.16. The van der Waals surface area contributed by atoms with Crippen LogP contribution in [0.5, 0.6) is 0 Å². The van der Waals surface area contributed by atoms with E-state index in [0.29, 0.717) is 25.1 Å². The molecule has 0 aliphatic carbocycles. The second kappa shape index (κ2) is 8.16. The van der Waals surface area contributed by atoms with Gasteiger partial charge in [-0.2, -0.15) is 0 Å². The third-order valence-electron chi connectivity index (χ3n) is 1.85. The quantitative estimate of drug-likeness (QED) is 0.343. The van der Waals surface area contributed by atoms with Gasteiger partial charge in [-0.05, 0) is 39.4 Å². The van der Waals surface area contributed by atoms with E-state index in [4.69, 9.17) is 16.3 Å². The number of nitrogens with one attached hydrogen (secondary N) is 2. The minimum absolute atomic E-state index is 0.363. The fourth-order valence-corrected chi connectivity index (χ4v) is 1.08. The fourth-order valence-electron chi connectivity index (χ4n) is 1.02. The van der Waals surface area contributed by atoms with Crippen LogP contribution in [0.3, 0.4) is 0 Å². The van der Waals surface area contributed by atoms with E-state index in [1.165, 1.54) is 0 Å². The zero-order valence-corrected chi connectivity index (χ0v) is 12.5. The van der Waals surface area contributed by atoms with Crippen LogP contribution in [-0.2, 0) is 4.74 Å². The monoisotopic (exact) mass is 278 g/mol. The van der Waals surface area contributed by atoms with E-state index in [2.05, 4.69) is 15.6 Å². The maximum Gasteiger partial charge on any atom is 0.407 e. The van der Waals surface area contributed by atoms with Crippen molar-refractivity contribution in [3.8, 4) is 0 Å². The van der Waals surface area contributed by atoms with E-state index in [-0.39, 0.29) is 0 Å². The third kappa shape index (κ3) is 10.2. The molecule has 106 valence electrons. The summed E-state index contributed by atoms with van der Waals surface area (Å²) in [6.07, 6.45) is -0.406. The highest BCUT2D eigenvalue weighted by Gasteiger charge is 2.15. The van der Waals surface area contributed by atoms with Gasteiger partial charge >= 0.3 is 6.09 Å². The zero-order valence-electron chi connectivity index (χ0n) is 11.7. The first kappa shape index (κ1) is 17.0. The predicted molar refractivity (Wildman–Crippen MR) is 74.1 cm³/mol. The lowest BCUT2D eigenvalue weighted by atomic mass is 10.2. The van der Waals surface area contributed by atoms with Crippen LogP contribution in [0.4, 0.5) is 4.79 Å². The van der Waals surface area contributed by atoms with E-state index in [0.717, 1.165) is 0 Å². The fraction of sp³-hybridized carbons (Fsp3) is 0.818. The summed E-state index contributed by atoms with van der Waals surface area (Å²) in [5.41, 5.74) is -0.470. The summed E-state index contributed by atoms with van der Waals surface area (Å²) in [6, 6.07) is 0. The van der Waals surface area contributed by atoms with Crippen molar-refractivity contribution in [3.05, 3.63) is 0 Å². The van der Waals surface area contributed by atoms with Crippen molar-refractivity contribution >= 4 is 23.0 Å². The molecule has 1 amide bonds. The van der Waals surface area contributed by atoms with Gasteiger partial charge in [0.2, 0.25) is 0 Å². The molecule has 0 aliphatic rings. The van der Waals surface area contributed by atoms with Crippen molar-refractivity contribution in [2.24, 2.45) is 4.99 Å². The normalized spacial score (nSPS) is 12.5. The maximum atomic E-state index is 11.3. The van der Waals surface area contributed by atoms with Crippen LogP contribution in [0.25, 0.3) is 0 Å². The van der Waals surface area contributed by atoms with Crippen LogP contribution in [0.15, 0.2) is 4.99 Å². The largest absolute Gasteiger partial charge is 0.444 e. The summed E-state index contributed by atoms with van der Waals surface area (Å²) in [5.74, 6) is 0. The summed E-state index contributed by atoms with van der Waals surface area (Å²) in [4.78, 5) is 17.1. The predicted octanol–water partition coefficient (Wildman–Crippen LogP) is 1.21. The first-order valence-corrected chi connectivity index (χ1v) is 6.14. The number of nitrogens with zero attached hydrogens (tertiary/aromatic N) is 2. The number of amidine groups is 1. The topological polar surface area (TPSA) is 66.0 Å². The van der Waals surface area contributed by atoms with Crippen molar-refractivity contribution < 1.29 is 9.53 Å². The molecule has 0 aromatic carbocycles. The number of amides is 1. The Morgan fingerprint density at radius 2 is 2.00 bits per heavy atom. The van der Waals surface area contributed by atoms with E-state index in [1.807, 2.05) is 32.7 Å². The molecule has 0 aliphatic heterocycles. The van der Waals surface area contributed by atoms with Gasteiger partial charge in [-0.1, -0.05) is 0 Å².